The molecule has 3 rings (SSSR count). The molecule has 0 spiro atoms. The summed E-state index contributed by atoms with van der Waals surface area (Å²) in [6.45, 7) is 0. The molecular formula is C20H11ClF3NO4. The van der Waals surface area contributed by atoms with E-state index in [-0.39, 0.29) is 33.3 Å². The molecule has 0 saturated carbocycles. The smallest absolute Gasteiger partial charge is 0.417 e. The Bertz CT molecular complexity index is 1080. The van der Waals surface area contributed by atoms with Gasteiger partial charge in [-0.05, 0) is 36.4 Å². The van der Waals surface area contributed by atoms with Crippen LogP contribution in [0.25, 0.3) is 0 Å². The van der Waals surface area contributed by atoms with Crippen LogP contribution in [0.3, 0.4) is 0 Å². The van der Waals surface area contributed by atoms with Crippen LogP contribution < -0.4 is 4.74 Å². The van der Waals surface area contributed by atoms with Gasteiger partial charge in [-0.2, -0.15) is 13.2 Å². The number of benzene rings is 2. The van der Waals surface area contributed by atoms with Gasteiger partial charge in [0.2, 0.25) is 5.88 Å². The number of halogens is 4. The fourth-order valence-electron chi connectivity index (χ4n) is 2.46. The van der Waals surface area contributed by atoms with Gasteiger partial charge in [0.15, 0.2) is 5.78 Å². The molecule has 0 atom stereocenters. The largest absolute Gasteiger partial charge is 0.478 e. The summed E-state index contributed by atoms with van der Waals surface area (Å²) in [5, 5.41) is 8.88. The van der Waals surface area contributed by atoms with Gasteiger partial charge >= 0.3 is 12.1 Å². The SMILES string of the molecule is O=C(O)c1ccccc1C(=O)c1ccc(Oc2ncc(C(F)(F)F)cc2Cl)cc1. The van der Waals surface area contributed by atoms with Gasteiger partial charge in [-0.15, -0.1) is 0 Å². The summed E-state index contributed by atoms with van der Waals surface area (Å²) in [4.78, 5) is 27.4. The van der Waals surface area contributed by atoms with Crippen molar-refractivity contribution in [2.24, 2.45) is 0 Å². The number of carboxylic acids is 1. The van der Waals surface area contributed by atoms with Crippen molar-refractivity contribution < 1.29 is 32.6 Å². The van der Waals surface area contributed by atoms with E-state index in [1.165, 1.54) is 42.5 Å². The normalized spacial score (nSPS) is 11.2. The average molecular weight is 422 g/mol. The lowest BCUT2D eigenvalue weighted by molar-refractivity contribution is -0.137. The third kappa shape index (κ3) is 4.55. The molecule has 9 heteroatoms. The first-order valence-electron chi connectivity index (χ1n) is 8.04. The topological polar surface area (TPSA) is 76.5 Å². The summed E-state index contributed by atoms with van der Waals surface area (Å²) in [6.07, 6.45) is -3.98. The molecule has 0 unspecified atom stereocenters. The van der Waals surface area contributed by atoms with E-state index >= 15 is 0 Å². The van der Waals surface area contributed by atoms with Gasteiger partial charge in [0.05, 0.1) is 11.1 Å². The highest BCUT2D eigenvalue weighted by molar-refractivity contribution is 6.31. The lowest BCUT2D eigenvalue weighted by Gasteiger charge is -2.10. The number of aromatic carboxylic acids is 1. The van der Waals surface area contributed by atoms with Crippen molar-refractivity contribution in [1.29, 1.82) is 0 Å². The predicted octanol–water partition coefficient (Wildman–Crippen LogP) is 5.48. The maximum atomic E-state index is 12.7. The zero-order valence-corrected chi connectivity index (χ0v) is 15.2. The van der Waals surface area contributed by atoms with Gasteiger partial charge in [0, 0.05) is 17.3 Å². The Morgan fingerprint density at radius 1 is 1.00 bits per heavy atom. The number of aromatic nitrogens is 1. The zero-order chi connectivity index (χ0) is 21.2. The number of rotatable bonds is 5. The van der Waals surface area contributed by atoms with Crippen molar-refractivity contribution >= 4 is 23.4 Å². The lowest BCUT2D eigenvalue weighted by Crippen LogP contribution is -2.09. The predicted molar refractivity (Wildman–Crippen MR) is 97.6 cm³/mol. The number of carboxylic acid groups (broad SMARTS) is 1. The molecule has 1 aromatic heterocycles. The maximum Gasteiger partial charge on any atom is 0.417 e. The van der Waals surface area contributed by atoms with E-state index in [4.69, 9.17) is 16.3 Å². The Balaban J connectivity index is 1.81. The van der Waals surface area contributed by atoms with Gasteiger partial charge in [0.25, 0.3) is 0 Å². The molecule has 1 heterocycles. The van der Waals surface area contributed by atoms with E-state index < -0.39 is 23.5 Å². The van der Waals surface area contributed by atoms with E-state index in [0.717, 1.165) is 0 Å². The third-order valence-corrected chi connectivity index (χ3v) is 4.14. The van der Waals surface area contributed by atoms with Gasteiger partial charge in [-0.3, -0.25) is 4.79 Å². The van der Waals surface area contributed by atoms with E-state index in [2.05, 4.69) is 4.98 Å². The van der Waals surface area contributed by atoms with Crippen LogP contribution in [0.15, 0.2) is 60.8 Å². The Morgan fingerprint density at radius 3 is 2.17 bits per heavy atom. The van der Waals surface area contributed by atoms with Crippen LogP contribution in [0, 0.1) is 0 Å². The van der Waals surface area contributed by atoms with Crippen molar-refractivity contribution in [3.05, 3.63) is 88.1 Å². The highest BCUT2D eigenvalue weighted by Gasteiger charge is 2.31. The third-order valence-electron chi connectivity index (χ3n) is 3.87. The molecule has 5 nitrogen and oxygen atoms in total. The summed E-state index contributed by atoms with van der Waals surface area (Å²) in [5.74, 6) is -1.77. The highest BCUT2D eigenvalue weighted by atomic mass is 35.5. The molecule has 29 heavy (non-hydrogen) atoms. The van der Waals surface area contributed by atoms with Crippen LogP contribution in [-0.2, 0) is 6.18 Å². The maximum absolute atomic E-state index is 12.7. The fourth-order valence-corrected chi connectivity index (χ4v) is 2.67. The summed E-state index contributed by atoms with van der Waals surface area (Å²) in [6, 6.07) is 12.1. The first-order chi connectivity index (χ1) is 13.7. The molecule has 0 aliphatic rings. The van der Waals surface area contributed by atoms with Gasteiger partial charge in [-0.25, -0.2) is 9.78 Å². The second-order valence-electron chi connectivity index (χ2n) is 5.82. The number of carbonyl (C=O) groups excluding carboxylic acids is 1. The first kappa shape index (κ1) is 20.3. The molecule has 0 fully saturated rings. The van der Waals surface area contributed by atoms with Gasteiger partial charge in [0.1, 0.15) is 10.8 Å². The minimum absolute atomic E-state index is 0.0288. The van der Waals surface area contributed by atoms with E-state index in [1.54, 1.807) is 6.07 Å². The lowest BCUT2D eigenvalue weighted by atomic mass is 9.98. The Morgan fingerprint density at radius 2 is 1.62 bits per heavy atom. The molecule has 0 aliphatic heterocycles. The number of pyridine rings is 1. The van der Waals surface area contributed by atoms with Crippen LogP contribution in [0.1, 0.15) is 31.8 Å². The van der Waals surface area contributed by atoms with E-state index in [9.17, 15) is 27.9 Å². The molecule has 1 N–H and O–H groups in total. The number of carbonyl (C=O) groups is 2. The second-order valence-corrected chi connectivity index (χ2v) is 6.22. The molecule has 0 aliphatic carbocycles. The minimum atomic E-state index is -4.58. The van der Waals surface area contributed by atoms with Crippen LogP contribution in [0.2, 0.25) is 5.02 Å². The number of ether oxygens (including phenoxy) is 1. The molecule has 0 saturated heterocycles. The number of hydrogen-bond acceptors (Lipinski definition) is 4. The van der Waals surface area contributed by atoms with Crippen molar-refractivity contribution in [3.63, 3.8) is 0 Å². The second kappa shape index (κ2) is 7.92. The van der Waals surface area contributed by atoms with Crippen LogP contribution in [0.5, 0.6) is 11.6 Å². The summed E-state index contributed by atoms with van der Waals surface area (Å²) >= 11 is 5.80. The van der Waals surface area contributed by atoms with Crippen molar-refractivity contribution in [1.82, 2.24) is 4.98 Å². The standard InChI is InChI=1S/C20H11ClF3NO4/c21-16-9-12(20(22,23)24)10-25-18(16)29-13-7-5-11(6-8-13)17(26)14-3-1-2-4-15(14)19(27)28/h1-10H,(H,27,28). The minimum Gasteiger partial charge on any atom is -0.478 e. The van der Waals surface area contributed by atoms with Gasteiger partial charge < -0.3 is 9.84 Å². The molecule has 0 radical (unpaired) electrons. The molecular weight excluding hydrogens is 411 g/mol. The monoisotopic (exact) mass is 421 g/mol. The van der Waals surface area contributed by atoms with Crippen molar-refractivity contribution in [2.45, 2.75) is 6.18 Å². The average Bonchev–Trinajstić information content (AvgIpc) is 2.68. The number of hydrogen-bond donors (Lipinski definition) is 1. The van der Waals surface area contributed by atoms with Crippen LogP contribution in [-0.4, -0.2) is 21.8 Å². The van der Waals surface area contributed by atoms with Crippen molar-refractivity contribution in [3.8, 4) is 11.6 Å². The number of ketones is 1. The summed E-state index contributed by atoms with van der Waals surface area (Å²) < 4.78 is 43.3. The molecule has 148 valence electrons. The number of alkyl halides is 3. The van der Waals surface area contributed by atoms with Crippen LogP contribution in [0.4, 0.5) is 13.2 Å². The van der Waals surface area contributed by atoms with E-state index in [1.807, 2.05) is 0 Å². The quantitative estimate of drug-likeness (QED) is 0.552. The zero-order valence-electron chi connectivity index (χ0n) is 14.4. The summed E-state index contributed by atoms with van der Waals surface area (Å²) in [7, 11) is 0. The van der Waals surface area contributed by atoms with Crippen molar-refractivity contribution in [2.75, 3.05) is 0 Å². The fraction of sp³-hybridized carbons (Fsp3) is 0.0500. The first-order valence-corrected chi connectivity index (χ1v) is 8.42. The van der Waals surface area contributed by atoms with E-state index in [0.29, 0.717) is 12.3 Å². The summed E-state index contributed by atoms with van der Waals surface area (Å²) in [5.41, 5.74) is -0.898. The highest BCUT2D eigenvalue weighted by Crippen LogP contribution is 2.34. The molecule has 0 amide bonds. The molecule has 3 aromatic rings. The number of nitrogens with zero attached hydrogens (tertiary/aromatic N) is 1. The molecule has 0 bridgehead atoms. The Kier molecular flexibility index (Phi) is 5.56. The van der Waals surface area contributed by atoms with Gasteiger partial charge in [-0.1, -0.05) is 29.8 Å². The molecule has 2 aromatic carbocycles. The Hall–Kier alpha value is -3.39. The Labute approximate surface area is 167 Å². The van der Waals surface area contributed by atoms with Crippen LogP contribution >= 0.6 is 11.6 Å².